The normalized spacial score (nSPS) is 15.4. The second-order valence-corrected chi connectivity index (χ2v) is 7.18. The lowest BCUT2D eigenvalue weighted by Gasteiger charge is -2.35. The largest absolute Gasteiger partial charge is 0.316 e. The van der Waals surface area contributed by atoms with Gasteiger partial charge in [0.05, 0.1) is 5.25 Å². The lowest BCUT2D eigenvalue weighted by atomic mass is 10.0. The molecule has 0 bridgehead atoms. The monoisotopic (exact) mass is 250 g/mol. The van der Waals surface area contributed by atoms with Crippen LogP contribution in [0.4, 0.5) is 0 Å². The lowest BCUT2D eigenvalue weighted by Crippen LogP contribution is -2.49. The molecule has 98 valence electrons. The Morgan fingerprint density at radius 3 is 2.19 bits per heavy atom. The minimum atomic E-state index is -3.21. The number of rotatable bonds is 7. The van der Waals surface area contributed by atoms with Crippen molar-refractivity contribution in [2.75, 3.05) is 20.1 Å². The van der Waals surface area contributed by atoms with Crippen molar-refractivity contribution in [1.82, 2.24) is 9.62 Å². The molecular weight excluding hydrogens is 224 g/mol. The van der Waals surface area contributed by atoms with Crippen molar-refractivity contribution < 1.29 is 8.42 Å². The van der Waals surface area contributed by atoms with Crippen LogP contribution in [0.25, 0.3) is 0 Å². The maximum atomic E-state index is 12.2. The van der Waals surface area contributed by atoms with Crippen molar-refractivity contribution >= 4 is 10.0 Å². The molecule has 1 N–H and O–H groups in total. The van der Waals surface area contributed by atoms with Crippen LogP contribution in [-0.4, -0.2) is 43.6 Å². The van der Waals surface area contributed by atoms with Crippen molar-refractivity contribution in [2.24, 2.45) is 0 Å². The minimum absolute atomic E-state index is 0.320. The van der Waals surface area contributed by atoms with E-state index in [0.717, 1.165) is 13.0 Å². The third kappa shape index (κ3) is 3.71. The Balaban J connectivity index is 4.78. The summed E-state index contributed by atoms with van der Waals surface area (Å²) in [6.45, 7) is 10.9. The SMILES string of the molecule is CCNCC(C)S(=O)(=O)N(C)C(C)(C)CC. The molecule has 0 heterocycles. The van der Waals surface area contributed by atoms with Gasteiger partial charge in [-0.15, -0.1) is 0 Å². The van der Waals surface area contributed by atoms with Gasteiger partial charge in [0, 0.05) is 19.1 Å². The summed E-state index contributed by atoms with van der Waals surface area (Å²) in [5.41, 5.74) is -0.320. The fourth-order valence-electron chi connectivity index (χ4n) is 1.29. The van der Waals surface area contributed by atoms with Crippen molar-refractivity contribution in [3.8, 4) is 0 Å². The van der Waals surface area contributed by atoms with Crippen molar-refractivity contribution in [3.05, 3.63) is 0 Å². The van der Waals surface area contributed by atoms with E-state index in [1.807, 2.05) is 27.7 Å². The number of hydrogen-bond acceptors (Lipinski definition) is 3. The van der Waals surface area contributed by atoms with Gasteiger partial charge in [0.1, 0.15) is 0 Å². The summed E-state index contributed by atoms with van der Waals surface area (Å²) in [6.07, 6.45) is 0.802. The first-order valence-electron chi connectivity index (χ1n) is 5.88. The lowest BCUT2D eigenvalue weighted by molar-refractivity contribution is 0.254. The number of sulfonamides is 1. The van der Waals surface area contributed by atoms with Crippen LogP contribution in [0.15, 0.2) is 0 Å². The van der Waals surface area contributed by atoms with Crippen LogP contribution in [0.2, 0.25) is 0 Å². The zero-order valence-corrected chi connectivity index (χ0v) is 12.2. The van der Waals surface area contributed by atoms with Crippen molar-refractivity contribution in [2.45, 2.75) is 51.8 Å². The van der Waals surface area contributed by atoms with Crippen LogP contribution in [0.3, 0.4) is 0 Å². The minimum Gasteiger partial charge on any atom is -0.316 e. The van der Waals surface area contributed by atoms with Gasteiger partial charge in [0.15, 0.2) is 0 Å². The summed E-state index contributed by atoms with van der Waals surface area (Å²) >= 11 is 0. The molecule has 5 heteroatoms. The Labute approximate surface area is 100 Å². The maximum absolute atomic E-state index is 12.2. The second kappa shape index (κ2) is 5.98. The highest BCUT2D eigenvalue weighted by Gasteiger charge is 2.34. The van der Waals surface area contributed by atoms with Gasteiger partial charge in [-0.2, -0.15) is 4.31 Å². The Kier molecular flexibility index (Phi) is 5.93. The highest BCUT2D eigenvalue weighted by Crippen LogP contribution is 2.22. The molecule has 0 saturated heterocycles. The van der Waals surface area contributed by atoms with Crippen LogP contribution < -0.4 is 5.32 Å². The van der Waals surface area contributed by atoms with Gasteiger partial charge < -0.3 is 5.32 Å². The van der Waals surface area contributed by atoms with E-state index in [4.69, 9.17) is 0 Å². The van der Waals surface area contributed by atoms with Crippen LogP contribution in [-0.2, 0) is 10.0 Å². The van der Waals surface area contributed by atoms with E-state index < -0.39 is 10.0 Å². The Morgan fingerprint density at radius 2 is 1.81 bits per heavy atom. The molecule has 0 aromatic heterocycles. The molecule has 0 fully saturated rings. The quantitative estimate of drug-likeness (QED) is 0.744. The first kappa shape index (κ1) is 15.9. The first-order chi connectivity index (χ1) is 7.20. The van der Waals surface area contributed by atoms with Gasteiger partial charge in [-0.3, -0.25) is 0 Å². The molecule has 0 aromatic carbocycles. The zero-order valence-electron chi connectivity index (χ0n) is 11.4. The fourth-order valence-corrected chi connectivity index (χ4v) is 2.98. The number of nitrogens with zero attached hydrogens (tertiary/aromatic N) is 1. The van der Waals surface area contributed by atoms with Crippen LogP contribution in [0.1, 0.15) is 41.0 Å². The first-order valence-corrected chi connectivity index (χ1v) is 7.39. The summed E-state index contributed by atoms with van der Waals surface area (Å²) in [5.74, 6) is 0. The second-order valence-electron chi connectivity index (χ2n) is 4.80. The molecule has 0 radical (unpaired) electrons. The van der Waals surface area contributed by atoms with Gasteiger partial charge in [-0.05, 0) is 33.7 Å². The van der Waals surface area contributed by atoms with Crippen LogP contribution in [0, 0.1) is 0 Å². The van der Waals surface area contributed by atoms with E-state index in [1.165, 1.54) is 4.31 Å². The molecule has 1 atom stereocenters. The van der Waals surface area contributed by atoms with Gasteiger partial charge in [-0.25, -0.2) is 8.42 Å². The predicted molar refractivity (Wildman–Crippen MR) is 69.1 cm³/mol. The molecule has 0 aliphatic heterocycles. The average Bonchev–Trinajstić information content (AvgIpc) is 2.24. The Hall–Kier alpha value is -0.130. The zero-order chi connectivity index (χ0) is 13.0. The molecule has 0 aliphatic carbocycles. The molecule has 0 spiro atoms. The summed E-state index contributed by atoms with van der Waals surface area (Å²) in [6, 6.07) is 0. The third-order valence-corrected chi connectivity index (χ3v) is 5.73. The Morgan fingerprint density at radius 1 is 1.31 bits per heavy atom. The molecule has 1 unspecified atom stereocenters. The molecule has 0 aromatic rings. The van der Waals surface area contributed by atoms with Gasteiger partial charge >= 0.3 is 0 Å². The highest BCUT2D eigenvalue weighted by atomic mass is 32.2. The Bertz CT molecular complexity index is 299. The highest BCUT2D eigenvalue weighted by molar-refractivity contribution is 7.89. The van der Waals surface area contributed by atoms with Crippen LogP contribution in [0.5, 0.6) is 0 Å². The molecule has 4 nitrogen and oxygen atoms in total. The van der Waals surface area contributed by atoms with Gasteiger partial charge in [-0.1, -0.05) is 13.8 Å². The molecular formula is C11H26N2O2S. The number of nitrogens with one attached hydrogen (secondary N) is 1. The summed E-state index contributed by atoms with van der Waals surface area (Å²) in [5, 5.41) is 2.69. The molecule has 0 saturated carbocycles. The standard InChI is InChI=1S/C11H26N2O2S/c1-7-11(4,5)13(6)16(14,15)10(3)9-12-8-2/h10,12H,7-9H2,1-6H3. The van der Waals surface area contributed by atoms with E-state index in [2.05, 4.69) is 5.32 Å². The molecule has 16 heavy (non-hydrogen) atoms. The maximum Gasteiger partial charge on any atom is 0.218 e. The van der Waals surface area contributed by atoms with E-state index >= 15 is 0 Å². The average molecular weight is 250 g/mol. The smallest absolute Gasteiger partial charge is 0.218 e. The summed E-state index contributed by atoms with van der Waals surface area (Å²) in [4.78, 5) is 0. The topological polar surface area (TPSA) is 49.4 Å². The van der Waals surface area contributed by atoms with E-state index in [1.54, 1.807) is 14.0 Å². The van der Waals surface area contributed by atoms with Gasteiger partial charge in [0.2, 0.25) is 10.0 Å². The summed E-state index contributed by atoms with van der Waals surface area (Å²) in [7, 11) is -1.54. The predicted octanol–water partition coefficient (Wildman–Crippen LogP) is 1.43. The fraction of sp³-hybridized carbons (Fsp3) is 1.00. The van der Waals surface area contributed by atoms with E-state index in [9.17, 15) is 8.42 Å². The van der Waals surface area contributed by atoms with Crippen molar-refractivity contribution in [3.63, 3.8) is 0 Å². The molecule has 0 amide bonds. The van der Waals surface area contributed by atoms with Gasteiger partial charge in [0.25, 0.3) is 0 Å². The van der Waals surface area contributed by atoms with Crippen LogP contribution >= 0.6 is 0 Å². The third-order valence-electron chi connectivity index (χ3n) is 3.29. The summed E-state index contributed by atoms with van der Waals surface area (Å²) < 4.78 is 26.0. The van der Waals surface area contributed by atoms with E-state index in [-0.39, 0.29) is 10.8 Å². The van der Waals surface area contributed by atoms with E-state index in [0.29, 0.717) is 6.54 Å². The van der Waals surface area contributed by atoms with Crippen molar-refractivity contribution in [1.29, 1.82) is 0 Å². The molecule has 0 rings (SSSR count). The molecule has 0 aliphatic rings. The number of hydrogen-bond donors (Lipinski definition) is 1.